The average Bonchev–Trinajstić information content (AvgIpc) is 2.69. The lowest BCUT2D eigenvalue weighted by atomic mass is 10.0. The molecule has 3 rings (SSSR count). The number of amides is 2. The maximum Gasteiger partial charge on any atom is 0.260 e. The van der Waals surface area contributed by atoms with E-state index in [2.05, 4.69) is 5.32 Å². The molecule has 148 valence electrons. The lowest BCUT2D eigenvalue weighted by Gasteiger charge is -2.32. The number of nitrogens with one attached hydrogen (secondary N) is 1. The molecule has 0 atom stereocenters. The van der Waals surface area contributed by atoms with Crippen molar-refractivity contribution >= 4 is 11.8 Å². The topological polar surface area (TPSA) is 58.6 Å². The Morgan fingerprint density at radius 3 is 2.46 bits per heavy atom. The predicted octanol–water partition coefficient (Wildman–Crippen LogP) is 3.41. The highest BCUT2D eigenvalue weighted by Crippen LogP contribution is 2.19. The van der Waals surface area contributed by atoms with Gasteiger partial charge in [-0.05, 0) is 62.4 Å². The van der Waals surface area contributed by atoms with Crippen molar-refractivity contribution in [3.8, 4) is 5.75 Å². The molecule has 1 aliphatic rings. The van der Waals surface area contributed by atoms with Crippen LogP contribution in [0.2, 0.25) is 0 Å². The fourth-order valence-corrected chi connectivity index (χ4v) is 3.46. The quantitative estimate of drug-likeness (QED) is 0.865. The van der Waals surface area contributed by atoms with E-state index < -0.39 is 0 Å². The molecule has 0 bridgehead atoms. The molecule has 0 aliphatic carbocycles. The third kappa shape index (κ3) is 4.91. The molecule has 2 amide bonds. The zero-order valence-electron chi connectivity index (χ0n) is 16.8. The Hall–Kier alpha value is -2.82. The number of likely N-dealkylation sites (tertiary alicyclic amines) is 1. The average molecular weight is 380 g/mol. The summed E-state index contributed by atoms with van der Waals surface area (Å²) >= 11 is 0. The maximum atomic E-state index is 12.5. The molecule has 2 aromatic carbocycles. The summed E-state index contributed by atoms with van der Waals surface area (Å²) < 4.78 is 5.73. The standard InChI is InChI=1S/C23H28N2O3/c1-16-8-9-18(3)21(14-16)28-15-22(26)25-12-10-19(11-13-25)24-23(27)20-7-5-4-6-17(20)2/h4-9,14,19H,10-13,15H2,1-3H3,(H,24,27). The van der Waals surface area contributed by atoms with Gasteiger partial charge < -0.3 is 15.0 Å². The Bertz CT molecular complexity index is 855. The highest BCUT2D eigenvalue weighted by Gasteiger charge is 2.24. The summed E-state index contributed by atoms with van der Waals surface area (Å²) in [6.07, 6.45) is 1.51. The van der Waals surface area contributed by atoms with E-state index in [0.29, 0.717) is 18.7 Å². The van der Waals surface area contributed by atoms with Gasteiger partial charge in [-0.15, -0.1) is 0 Å². The van der Waals surface area contributed by atoms with Crippen molar-refractivity contribution in [2.75, 3.05) is 19.7 Å². The normalized spacial score (nSPS) is 14.6. The summed E-state index contributed by atoms with van der Waals surface area (Å²) in [5.41, 5.74) is 3.81. The molecule has 28 heavy (non-hydrogen) atoms. The van der Waals surface area contributed by atoms with Crippen molar-refractivity contribution in [2.45, 2.75) is 39.7 Å². The fourth-order valence-electron chi connectivity index (χ4n) is 3.46. The second-order valence-corrected chi connectivity index (χ2v) is 7.50. The number of hydrogen-bond donors (Lipinski definition) is 1. The lowest BCUT2D eigenvalue weighted by molar-refractivity contribution is -0.134. The molecule has 0 unspecified atom stereocenters. The van der Waals surface area contributed by atoms with E-state index in [1.54, 1.807) is 0 Å². The minimum absolute atomic E-state index is 0.00964. The van der Waals surface area contributed by atoms with Crippen LogP contribution >= 0.6 is 0 Å². The number of benzene rings is 2. The van der Waals surface area contributed by atoms with Crippen LogP contribution in [0.1, 0.15) is 39.9 Å². The molecule has 1 fully saturated rings. The Labute approximate surface area is 166 Å². The van der Waals surface area contributed by atoms with Crippen LogP contribution in [0.5, 0.6) is 5.75 Å². The zero-order chi connectivity index (χ0) is 20.1. The summed E-state index contributed by atoms with van der Waals surface area (Å²) in [4.78, 5) is 26.8. The molecule has 5 nitrogen and oxygen atoms in total. The number of carbonyl (C=O) groups excluding carboxylic acids is 2. The second-order valence-electron chi connectivity index (χ2n) is 7.50. The first kappa shape index (κ1) is 19.9. The van der Waals surface area contributed by atoms with Crippen LogP contribution in [0.25, 0.3) is 0 Å². The molecule has 5 heteroatoms. The first-order valence-electron chi connectivity index (χ1n) is 9.78. The lowest BCUT2D eigenvalue weighted by Crippen LogP contribution is -2.47. The molecule has 1 aliphatic heterocycles. The van der Waals surface area contributed by atoms with Gasteiger partial charge in [0.1, 0.15) is 5.75 Å². The largest absolute Gasteiger partial charge is 0.483 e. The summed E-state index contributed by atoms with van der Waals surface area (Å²) in [5, 5.41) is 3.10. The smallest absolute Gasteiger partial charge is 0.260 e. The number of aryl methyl sites for hydroxylation is 3. The summed E-state index contributed by atoms with van der Waals surface area (Å²) in [5.74, 6) is 0.708. The van der Waals surface area contributed by atoms with Gasteiger partial charge in [-0.25, -0.2) is 0 Å². The van der Waals surface area contributed by atoms with Gasteiger partial charge >= 0.3 is 0 Å². The van der Waals surface area contributed by atoms with Crippen molar-refractivity contribution in [1.82, 2.24) is 10.2 Å². The van der Waals surface area contributed by atoms with Crippen molar-refractivity contribution in [1.29, 1.82) is 0 Å². The van der Waals surface area contributed by atoms with Gasteiger partial charge in [-0.1, -0.05) is 30.3 Å². The predicted molar refractivity (Wildman–Crippen MR) is 110 cm³/mol. The molecule has 2 aromatic rings. The van der Waals surface area contributed by atoms with Gasteiger partial charge in [0, 0.05) is 24.7 Å². The molecule has 0 saturated carbocycles. The van der Waals surface area contributed by atoms with Crippen molar-refractivity contribution < 1.29 is 14.3 Å². The Morgan fingerprint density at radius 1 is 1.04 bits per heavy atom. The minimum atomic E-state index is -0.0406. The van der Waals surface area contributed by atoms with Crippen molar-refractivity contribution in [2.24, 2.45) is 0 Å². The van der Waals surface area contributed by atoms with E-state index in [0.717, 1.165) is 35.3 Å². The van der Waals surface area contributed by atoms with E-state index in [1.807, 2.05) is 68.1 Å². The van der Waals surface area contributed by atoms with Crippen LogP contribution in [-0.4, -0.2) is 42.5 Å². The summed E-state index contributed by atoms with van der Waals surface area (Å²) in [7, 11) is 0. The first-order chi connectivity index (χ1) is 13.4. The SMILES string of the molecule is Cc1ccc(C)c(OCC(=O)N2CCC(NC(=O)c3ccccc3C)CC2)c1. The number of carbonyl (C=O) groups is 2. The highest BCUT2D eigenvalue weighted by atomic mass is 16.5. The van der Waals surface area contributed by atoms with Gasteiger partial charge in [-0.3, -0.25) is 9.59 Å². The number of hydrogen-bond acceptors (Lipinski definition) is 3. The number of nitrogens with zero attached hydrogens (tertiary/aromatic N) is 1. The third-order valence-corrected chi connectivity index (χ3v) is 5.27. The number of ether oxygens (including phenoxy) is 1. The van der Waals surface area contributed by atoms with Gasteiger partial charge in [0.25, 0.3) is 11.8 Å². The van der Waals surface area contributed by atoms with Gasteiger partial charge in [0.2, 0.25) is 0 Å². The maximum absolute atomic E-state index is 12.5. The Morgan fingerprint density at radius 2 is 1.75 bits per heavy atom. The molecule has 1 saturated heterocycles. The molecule has 1 N–H and O–H groups in total. The summed E-state index contributed by atoms with van der Waals surface area (Å²) in [6, 6.07) is 13.7. The number of rotatable bonds is 5. The van der Waals surface area contributed by atoms with Crippen LogP contribution in [0.3, 0.4) is 0 Å². The third-order valence-electron chi connectivity index (χ3n) is 5.27. The van der Waals surface area contributed by atoms with Gasteiger partial charge in [0.05, 0.1) is 0 Å². The molecule has 0 aromatic heterocycles. The van der Waals surface area contributed by atoms with Crippen LogP contribution in [-0.2, 0) is 4.79 Å². The van der Waals surface area contributed by atoms with Crippen LogP contribution in [0.15, 0.2) is 42.5 Å². The van der Waals surface area contributed by atoms with E-state index >= 15 is 0 Å². The molecule has 1 heterocycles. The number of piperidine rings is 1. The van der Waals surface area contributed by atoms with E-state index in [4.69, 9.17) is 4.74 Å². The molecular formula is C23H28N2O3. The van der Waals surface area contributed by atoms with E-state index in [1.165, 1.54) is 0 Å². The highest BCUT2D eigenvalue weighted by molar-refractivity contribution is 5.95. The van der Waals surface area contributed by atoms with Gasteiger partial charge in [0.15, 0.2) is 6.61 Å². The van der Waals surface area contributed by atoms with Crippen LogP contribution < -0.4 is 10.1 Å². The van der Waals surface area contributed by atoms with Crippen LogP contribution in [0.4, 0.5) is 0 Å². The second kappa shape index (κ2) is 8.91. The van der Waals surface area contributed by atoms with Crippen molar-refractivity contribution in [3.05, 3.63) is 64.7 Å². The molecule has 0 spiro atoms. The molecular weight excluding hydrogens is 352 g/mol. The van der Waals surface area contributed by atoms with Crippen molar-refractivity contribution in [3.63, 3.8) is 0 Å². The monoisotopic (exact) mass is 380 g/mol. The fraction of sp³-hybridized carbons (Fsp3) is 0.391. The summed E-state index contributed by atoms with van der Waals surface area (Å²) in [6.45, 7) is 7.23. The zero-order valence-corrected chi connectivity index (χ0v) is 16.8. The van der Waals surface area contributed by atoms with E-state index in [-0.39, 0.29) is 24.5 Å². The molecule has 0 radical (unpaired) electrons. The first-order valence-corrected chi connectivity index (χ1v) is 9.78. The Balaban J connectivity index is 1.47. The van der Waals surface area contributed by atoms with Crippen LogP contribution in [0, 0.1) is 20.8 Å². The minimum Gasteiger partial charge on any atom is -0.483 e. The van der Waals surface area contributed by atoms with Gasteiger partial charge in [-0.2, -0.15) is 0 Å². The Kier molecular flexibility index (Phi) is 6.34. The van der Waals surface area contributed by atoms with E-state index in [9.17, 15) is 9.59 Å².